The van der Waals surface area contributed by atoms with Gasteiger partial charge in [-0.1, -0.05) is 0 Å². The number of nitrogens with zero attached hydrogens (tertiary/aromatic N) is 2. The van der Waals surface area contributed by atoms with Gasteiger partial charge in [-0.15, -0.1) is 0 Å². The molecule has 2 amide bonds. The normalized spacial score (nSPS) is 13.2. The lowest BCUT2D eigenvalue weighted by Crippen LogP contribution is -2.16. The van der Waals surface area contributed by atoms with E-state index in [-0.39, 0.29) is 17.7 Å². The smallest absolute Gasteiger partial charge is 0.255 e. The fourth-order valence-corrected chi connectivity index (χ4v) is 3.23. The Kier molecular flexibility index (Phi) is 4.45. The molecule has 0 saturated heterocycles. The molecular formula is C19H16N4O2S. The maximum Gasteiger partial charge on any atom is 0.255 e. The molecule has 0 spiro atoms. The Bertz CT molecular complexity index is 952. The topological polar surface area (TPSA) is 84.0 Å². The molecule has 130 valence electrons. The molecule has 0 aromatic carbocycles. The van der Waals surface area contributed by atoms with Crippen LogP contribution in [0.15, 0.2) is 53.6 Å². The van der Waals surface area contributed by atoms with E-state index in [0.29, 0.717) is 17.1 Å². The van der Waals surface area contributed by atoms with E-state index in [0.717, 1.165) is 24.0 Å². The molecule has 0 aliphatic heterocycles. The van der Waals surface area contributed by atoms with Crippen molar-refractivity contribution in [3.05, 3.63) is 59.2 Å². The highest BCUT2D eigenvalue weighted by Crippen LogP contribution is 2.30. The van der Waals surface area contributed by atoms with Gasteiger partial charge >= 0.3 is 0 Å². The van der Waals surface area contributed by atoms with E-state index in [4.69, 9.17) is 0 Å². The van der Waals surface area contributed by atoms with Crippen LogP contribution in [0.5, 0.6) is 0 Å². The Morgan fingerprint density at radius 1 is 1.12 bits per heavy atom. The summed E-state index contributed by atoms with van der Waals surface area (Å²) in [5.41, 5.74) is 2.99. The second-order valence-electron chi connectivity index (χ2n) is 6.08. The Morgan fingerprint density at radius 3 is 2.77 bits per heavy atom. The van der Waals surface area contributed by atoms with Gasteiger partial charge in [0.2, 0.25) is 5.91 Å². The van der Waals surface area contributed by atoms with Crippen molar-refractivity contribution < 1.29 is 9.59 Å². The van der Waals surface area contributed by atoms with Crippen LogP contribution < -0.4 is 10.6 Å². The average Bonchev–Trinajstić information content (AvgIpc) is 3.38. The predicted molar refractivity (Wildman–Crippen MR) is 101 cm³/mol. The number of aromatic nitrogens is 2. The van der Waals surface area contributed by atoms with E-state index < -0.39 is 0 Å². The van der Waals surface area contributed by atoms with Crippen molar-refractivity contribution in [2.24, 2.45) is 5.92 Å². The van der Waals surface area contributed by atoms with E-state index in [1.165, 1.54) is 6.20 Å². The predicted octanol–water partition coefficient (Wildman–Crippen LogP) is 3.81. The molecule has 4 rings (SSSR count). The summed E-state index contributed by atoms with van der Waals surface area (Å²) >= 11 is 1.59. The molecule has 2 N–H and O–H groups in total. The minimum atomic E-state index is -0.279. The number of nitrogens with one attached hydrogen (secondary N) is 2. The third-order valence-corrected chi connectivity index (χ3v) is 4.81. The summed E-state index contributed by atoms with van der Waals surface area (Å²) in [6, 6.07) is 7.05. The Balaban J connectivity index is 1.53. The second kappa shape index (κ2) is 7.05. The molecule has 0 unspecified atom stereocenters. The van der Waals surface area contributed by atoms with E-state index in [2.05, 4.69) is 20.6 Å². The molecule has 0 atom stereocenters. The van der Waals surface area contributed by atoms with Crippen LogP contribution >= 0.6 is 11.3 Å². The maximum atomic E-state index is 12.6. The SMILES string of the molecule is O=C(Nc1cnccc1-c1ccsc1)c1ccnc(NC(=O)C2CC2)c1. The summed E-state index contributed by atoms with van der Waals surface area (Å²) in [6.07, 6.45) is 6.67. The average molecular weight is 364 g/mol. The van der Waals surface area contributed by atoms with Crippen molar-refractivity contribution >= 4 is 34.7 Å². The van der Waals surface area contributed by atoms with Gasteiger partial charge in [0.05, 0.1) is 11.9 Å². The van der Waals surface area contributed by atoms with Crippen LogP contribution in [-0.2, 0) is 4.79 Å². The van der Waals surface area contributed by atoms with Crippen molar-refractivity contribution in [3.63, 3.8) is 0 Å². The molecule has 0 bridgehead atoms. The zero-order valence-electron chi connectivity index (χ0n) is 13.8. The molecule has 3 aromatic rings. The summed E-state index contributed by atoms with van der Waals surface area (Å²) in [5.74, 6) is 0.150. The number of anilines is 2. The lowest BCUT2D eigenvalue weighted by atomic mass is 10.1. The molecule has 3 aromatic heterocycles. The summed E-state index contributed by atoms with van der Waals surface area (Å²) < 4.78 is 0. The van der Waals surface area contributed by atoms with Gasteiger partial charge in [0.25, 0.3) is 5.91 Å². The fraction of sp³-hybridized carbons (Fsp3) is 0.158. The van der Waals surface area contributed by atoms with Gasteiger partial charge in [0, 0.05) is 29.4 Å². The molecule has 6 nitrogen and oxygen atoms in total. The Hall–Kier alpha value is -3.06. The number of hydrogen-bond acceptors (Lipinski definition) is 5. The van der Waals surface area contributed by atoms with Gasteiger partial charge in [-0.05, 0) is 53.4 Å². The minimum Gasteiger partial charge on any atom is -0.320 e. The monoisotopic (exact) mass is 364 g/mol. The van der Waals surface area contributed by atoms with Gasteiger partial charge < -0.3 is 10.6 Å². The first-order valence-corrected chi connectivity index (χ1v) is 9.20. The van der Waals surface area contributed by atoms with Crippen molar-refractivity contribution in [1.29, 1.82) is 0 Å². The van der Waals surface area contributed by atoms with Crippen LogP contribution in [0.1, 0.15) is 23.2 Å². The van der Waals surface area contributed by atoms with Gasteiger partial charge in [-0.3, -0.25) is 14.6 Å². The minimum absolute atomic E-state index is 0.0398. The molecule has 1 fully saturated rings. The van der Waals surface area contributed by atoms with Gasteiger partial charge in [-0.2, -0.15) is 11.3 Å². The number of rotatable bonds is 5. The fourth-order valence-electron chi connectivity index (χ4n) is 2.57. The highest BCUT2D eigenvalue weighted by Gasteiger charge is 2.29. The first-order valence-electron chi connectivity index (χ1n) is 8.25. The number of pyridine rings is 2. The van der Waals surface area contributed by atoms with Gasteiger partial charge in [-0.25, -0.2) is 4.98 Å². The lowest BCUT2D eigenvalue weighted by Gasteiger charge is -2.10. The number of carbonyl (C=O) groups is 2. The number of amides is 2. The zero-order chi connectivity index (χ0) is 17.9. The quantitative estimate of drug-likeness (QED) is 0.721. The third kappa shape index (κ3) is 3.62. The van der Waals surface area contributed by atoms with Crippen molar-refractivity contribution in [2.45, 2.75) is 12.8 Å². The Morgan fingerprint density at radius 2 is 2.00 bits per heavy atom. The van der Waals surface area contributed by atoms with Crippen LogP contribution in [0, 0.1) is 5.92 Å². The first kappa shape index (κ1) is 16.4. The zero-order valence-corrected chi connectivity index (χ0v) is 14.6. The summed E-state index contributed by atoms with van der Waals surface area (Å²) in [7, 11) is 0. The third-order valence-electron chi connectivity index (χ3n) is 4.12. The molecule has 0 radical (unpaired) electrons. The van der Waals surface area contributed by atoms with E-state index in [9.17, 15) is 9.59 Å². The lowest BCUT2D eigenvalue weighted by molar-refractivity contribution is -0.117. The van der Waals surface area contributed by atoms with E-state index in [1.807, 2.05) is 22.9 Å². The second-order valence-corrected chi connectivity index (χ2v) is 6.86. The summed E-state index contributed by atoms with van der Waals surface area (Å²) in [6.45, 7) is 0. The molecule has 1 saturated carbocycles. The number of carbonyl (C=O) groups excluding carboxylic acids is 2. The van der Waals surface area contributed by atoms with Crippen LogP contribution in [-0.4, -0.2) is 21.8 Å². The van der Waals surface area contributed by atoms with Crippen molar-refractivity contribution in [1.82, 2.24) is 9.97 Å². The largest absolute Gasteiger partial charge is 0.320 e. The van der Waals surface area contributed by atoms with Crippen LogP contribution in [0.3, 0.4) is 0 Å². The molecule has 26 heavy (non-hydrogen) atoms. The highest BCUT2D eigenvalue weighted by atomic mass is 32.1. The molecular weight excluding hydrogens is 348 g/mol. The number of hydrogen-bond donors (Lipinski definition) is 2. The summed E-state index contributed by atoms with van der Waals surface area (Å²) in [4.78, 5) is 32.7. The highest BCUT2D eigenvalue weighted by molar-refractivity contribution is 7.08. The van der Waals surface area contributed by atoms with E-state index in [1.54, 1.807) is 35.9 Å². The first-order chi connectivity index (χ1) is 12.7. The van der Waals surface area contributed by atoms with Crippen LogP contribution in [0.2, 0.25) is 0 Å². The summed E-state index contributed by atoms with van der Waals surface area (Å²) in [5, 5.41) is 9.65. The Labute approximate surface area is 154 Å². The molecule has 1 aliphatic carbocycles. The maximum absolute atomic E-state index is 12.6. The standard InChI is InChI=1S/C19H16N4O2S/c24-18(12-1-2-12)23-17-9-13(3-7-21-17)19(25)22-16-10-20-6-4-15(16)14-5-8-26-11-14/h3-12H,1-2H2,(H,22,25)(H,21,23,24). The number of thiophene rings is 1. The molecule has 7 heteroatoms. The van der Waals surface area contributed by atoms with Gasteiger partial charge in [0.15, 0.2) is 0 Å². The molecule has 3 heterocycles. The molecule has 1 aliphatic rings. The van der Waals surface area contributed by atoms with Crippen molar-refractivity contribution in [2.75, 3.05) is 10.6 Å². The van der Waals surface area contributed by atoms with Crippen molar-refractivity contribution in [3.8, 4) is 11.1 Å². The van der Waals surface area contributed by atoms with Gasteiger partial charge in [0.1, 0.15) is 5.82 Å². The van der Waals surface area contributed by atoms with Crippen LogP contribution in [0.4, 0.5) is 11.5 Å². The van der Waals surface area contributed by atoms with Crippen LogP contribution in [0.25, 0.3) is 11.1 Å². The van der Waals surface area contributed by atoms with E-state index >= 15 is 0 Å².